The standard InChI is InChI=1S/C20H18ClF3N4O6S3/c1-37(32,33)27-6-4-12(20(22,23)24)14(15(27)18(30)31)16-25-19(35-9-11-2-3-13(21)36-11)28(26-16)17(29)10-5-7-34-8-10/h2-3,5,7-8,12,14-15H,4,6,9H2,1H3,(H,30,31). The number of furan rings is 1. The minimum atomic E-state index is -4.89. The van der Waals surface area contributed by atoms with Crippen LogP contribution in [0.2, 0.25) is 4.34 Å². The number of piperidine rings is 1. The summed E-state index contributed by atoms with van der Waals surface area (Å²) in [7, 11) is -4.20. The molecule has 1 fully saturated rings. The van der Waals surface area contributed by atoms with Gasteiger partial charge in [-0.2, -0.15) is 22.2 Å². The fourth-order valence-corrected chi connectivity index (χ4v) is 7.21. The maximum Gasteiger partial charge on any atom is 0.392 e. The number of hydrogen-bond donors (Lipinski definition) is 1. The second-order valence-corrected chi connectivity index (χ2v) is 12.8. The summed E-state index contributed by atoms with van der Waals surface area (Å²) in [4.78, 5) is 30.2. The molecule has 1 aliphatic rings. The highest BCUT2D eigenvalue weighted by Gasteiger charge is 2.57. The SMILES string of the molecule is CS(=O)(=O)N1CCC(C(F)(F)F)C(c2nc(SCc3ccc(Cl)s3)n(C(=O)c3ccoc3)n2)C1C(=O)O. The summed E-state index contributed by atoms with van der Waals surface area (Å²) >= 11 is 8.18. The van der Waals surface area contributed by atoms with E-state index in [1.807, 2.05) is 0 Å². The van der Waals surface area contributed by atoms with Crippen LogP contribution in [0.1, 0.15) is 33.4 Å². The molecule has 3 aromatic heterocycles. The van der Waals surface area contributed by atoms with Gasteiger partial charge in [0.2, 0.25) is 10.0 Å². The molecule has 200 valence electrons. The lowest BCUT2D eigenvalue weighted by Crippen LogP contribution is -2.56. The van der Waals surface area contributed by atoms with Crippen molar-refractivity contribution in [2.75, 3.05) is 12.8 Å². The fourth-order valence-electron chi connectivity index (χ4n) is 4.07. The second kappa shape index (κ2) is 10.4. The van der Waals surface area contributed by atoms with E-state index in [0.29, 0.717) is 8.64 Å². The smallest absolute Gasteiger partial charge is 0.392 e. The van der Waals surface area contributed by atoms with Gasteiger partial charge in [-0.05, 0) is 24.6 Å². The van der Waals surface area contributed by atoms with Crippen molar-refractivity contribution in [1.82, 2.24) is 19.1 Å². The highest BCUT2D eigenvalue weighted by molar-refractivity contribution is 7.98. The maximum atomic E-state index is 14.1. The van der Waals surface area contributed by atoms with Crippen LogP contribution in [0.4, 0.5) is 13.2 Å². The van der Waals surface area contributed by atoms with Crippen LogP contribution >= 0.6 is 34.7 Å². The molecule has 0 radical (unpaired) electrons. The molecule has 0 saturated carbocycles. The molecule has 1 aliphatic heterocycles. The number of thioether (sulfide) groups is 1. The number of alkyl halides is 3. The molecular formula is C20H18ClF3N4O6S3. The molecule has 3 atom stereocenters. The quantitative estimate of drug-likeness (QED) is 0.401. The lowest BCUT2D eigenvalue weighted by atomic mass is 9.79. The van der Waals surface area contributed by atoms with Gasteiger partial charge in [-0.1, -0.05) is 23.4 Å². The Kier molecular flexibility index (Phi) is 7.77. The maximum absolute atomic E-state index is 14.1. The topological polar surface area (TPSA) is 136 Å². The Morgan fingerprint density at radius 2 is 2.05 bits per heavy atom. The highest BCUT2D eigenvalue weighted by Crippen LogP contribution is 2.46. The van der Waals surface area contributed by atoms with Gasteiger partial charge in [-0.3, -0.25) is 9.59 Å². The zero-order valence-electron chi connectivity index (χ0n) is 18.8. The van der Waals surface area contributed by atoms with Crippen LogP contribution in [0.3, 0.4) is 0 Å². The van der Waals surface area contributed by atoms with Gasteiger partial charge in [-0.25, -0.2) is 13.4 Å². The number of carbonyl (C=O) groups is 2. The number of sulfonamides is 1. The van der Waals surface area contributed by atoms with Gasteiger partial charge >= 0.3 is 12.1 Å². The van der Waals surface area contributed by atoms with Gasteiger partial charge in [0.25, 0.3) is 5.91 Å². The Morgan fingerprint density at radius 3 is 2.59 bits per heavy atom. The van der Waals surface area contributed by atoms with E-state index in [0.717, 1.165) is 33.8 Å². The zero-order chi connectivity index (χ0) is 27.1. The van der Waals surface area contributed by atoms with Crippen molar-refractivity contribution in [2.45, 2.75) is 35.5 Å². The summed E-state index contributed by atoms with van der Waals surface area (Å²) in [6, 6.07) is 2.57. The minimum absolute atomic E-state index is 0.0287. The predicted molar refractivity (Wildman–Crippen MR) is 127 cm³/mol. The first-order chi connectivity index (χ1) is 17.3. The number of hydrogen-bond acceptors (Lipinski definition) is 9. The third-order valence-electron chi connectivity index (χ3n) is 5.67. The van der Waals surface area contributed by atoms with Gasteiger partial charge in [0.1, 0.15) is 12.3 Å². The third kappa shape index (κ3) is 5.87. The van der Waals surface area contributed by atoms with Crippen molar-refractivity contribution < 1.29 is 40.7 Å². The Morgan fingerprint density at radius 1 is 1.32 bits per heavy atom. The molecule has 3 unspecified atom stereocenters. The second-order valence-electron chi connectivity index (χ2n) is 8.10. The van der Waals surface area contributed by atoms with Gasteiger partial charge < -0.3 is 9.52 Å². The van der Waals surface area contributed by atoms with Crippen molar-refractivity contribution in [3.63, 3.8) is 0 Å². The lowest BCUT2D eigenvalue weighted by molar-refractivity contribution is -0.196. The number of carboxylic acids is 1. The summed E-state index contributed by atoms with van der Waals surface area (Å²) in [5.41, 5.74) is 0.0287. The number of thiophene rings is 1. The molecular weight excluding hydrogens is 581 g/mol. The van der Waals surface area contributed by atoms with E-state index < -0.39 is 64.7 Å². The van der Waals surface area contributed by atoms with Crippen LogP contribution in [0.15, 0.2) is 40.3 Å². The van der Waals surface area contributed by atoms with Crippen LogP contribution in [-0.4, -0.2) is 69.5 Å². The molecule has 37 heavy (non-hydrogen) atoms. The molecule has 3 aromatic rings. The summed E-state index contributed by atoms with van der Waals surface area (Å²) in [5.74, 6) is -7.20. The Balaban J connectivity index is 1.83. The lowest BCUT2D eigenvalue weighted by Gasteiger charge is -2.41. The molecule has 1 saturated heterocycles. The number of rotatable bonds is 7. The number of carbonyl (C=O) groups excluding carboxylic acids is 1. The van der Waals surface area contributed by atoms with Crippen molar-refractivity contribution in [1.29, 1.82) is 0 Å². The van der Waals surface area contributed by atoms with Gasteiger partial charge in [0.05, 0.1) is 34.3 Å². The molecule has 0 spiro atoms. The molecule has 0 amide bonds. The monoisotopic (exact) mass is 598 g/mol. The summed E-state index contributed by atoms with van der Waals surface area (Å²) in [6.07, 6.45) is -2.54. The molecule has 4 heterocycles. The number of carboxylic acid groups (broad SMARTS) is 1. The molecule has 17 heteroatoms. The van der Waals surface area contributed by atoms with E-state index in [-0.39, 0.29) is 16.5 Å². The predicted octanol–water partition coefficient (Wildman–Crippen LogP) is 3.95. The molecule has 0 aliphatic carbocycles. The first-order valence-corrected chi connectivity index (χ1v) is 14.5. The van der Waals surface area contributed by atoms with Gasteiger partial charge in [0.15, 0.2) is 11.0 Å². The van der Waals surface area contributed by atoms with E-state index in [1.54, 1.807) is 12.1 Å². The first kappa shape index (κ1) is 27.6. The van der Waals surface area contributed by atoms with Crippen LogP contribution < -0.4 is 0 Å². The number of nitrogens with zero attached hydrogens (tertiary/aromatic N) is 4. The van der Waals surface area contributed by atoms with E-state index in [2.05, 4.69) is 10.1 Å². The first-order valence-electron chi connectivity index (χ1n) is 10.4. The van der Waals surface area contributed by atoms with E-state index in [1.165, 1.54) is 23.7 Å². The van der Waals surface area contributed by atoms with E-state index >= 15 is 0 Å². The third-order valence-corrected chi connectivity index (χ3v) is 9.32. The number of aromatic nitrogens is 3. The Labute approximate surface area is 221 Å². The molecule has 1 N–H and O–H groups in total. The Bertz CT molecular complexity index is 1410. The highest BCUT2D eigenvalue weighted by atomic mass is 35.5. The van der Waals surface area contributed by atoms with Crippen LogP contribution in [0.5, 0.6) is 0 Å². The van der Waals surface area contributed by atoms with Gasteiger partial charge in [0, 0.05) is 17.2 Å². The van der Waals surface area contributed by atoms with Crippen molar-refractivity contribution in [2.24, 2.45) is 5.92 Å². The number of halogens is 4. The summed E-state index contributed by atoms with van der Waals surface area (Å²) in [5, 5.41) is 13.7. The largest absolute Gasteiger partial charge is 0.480 e. The average molecular weight is 599 g/mol. The van der Waals surface area contributed by atoms with Crippen LogP contribution in [-0.2, 0) is 20.6 Å². The van der Waals surface area contributed by atoms with Crippen molar-refractivity contribution in [3.8, 4) is 0 Å². The Hall–Kier alpha value is -2.40. The van der Waals surface area contributed by atoms with E-state index in [4.69, 9.17) is 16.0 Å². The molecule has 0 aromatic carbocycles. The minimum Gasteiger partial charge on any atom is -0.480 e. The van der Waals surface area contributed by atoms with Gasteiger partial charge in [-0.15, -0.1) is 16.4 Å². The fraction of sp³-hybridized carbons (Fsp3) is 0.400. The summed E-state index contributed by atoms with van der Waals surface area (Å²) < 4.78 is 73.5. The zero-order valence-corrected chi connectivity index (χ0v) is 22.0. The average Bonchev–Trinajstić information content (AvgIpc) is 3.56. The van der Waals surface area contributed by atoms with Crippen LogP contribution in [0.25, 0.3) is 0 Å². The van der Waals surface area contributed by atoms with E-state index in [9.17, 15) is 36.3 Å². The molecule has 4 rings (SSSR count). The normalized spacial score (nSPS) is 21.3. The van der Waals surface area contributed by atoms with Crippen molar-refractivity contribution in [3.05, 3.63) is 51.3 Å². The van der Waals surface area contributed by atoms with Crippen molar-refractivity contribution >= 4 is 56.6 Å². The summed E-state index contributed by atoms with van der Waals surface area (Å²) in [6.45, 7) is -0.647. The molecule has 10 nitrogen and oxygen atoms in total. The molecule has 0 bridgehead atoms. The van der Waals surface area contributed by atoms with Crippen LogP contribution in [0, 0.1) is 5.92 Å². The number of aliphatic carboxylic acids is 1.